The first-order valence-corrected chi connectivity index (χ1v) is 7.06. The monoisotopic (exact) mass is 362 g/mol. The van der Waals surface area contributed by atoms with Crippen LogP contribution in [0.4, 0.5) is 13.2 Å². The molecule has 6 nitrogen and oxygen atoms in total. The van der Waals surface area contributed by atoms with Crippen LogP contribution in [0.2, 0.25) is 0 Å². The van der Waals surface area contributed by atoms with Crippen molar-refractivity contribution >= 4 is 5.97 Å². The zero-order valence-electron chi connectivity index (χ0n) is 12.7. The molecule has 2 aromatic carbocycles. The highest BCUT2D eigenvalue weighted by Gasteiger charge is 2.20. The number of hydrogen-bond acceptors (Lipinski definition) is 5. The number of carbonyl (C=O) groups is 1. The van der Waals surface area contributed by atoms with Crippen molar-refractivity contribution < 1.29 is 33.3 Å². The Morgan fingerprint density at radius 2 is 1.69 bits per heavy atom. The third kappa shape index (κ3) is 2.90. The topological polar surface area (TPSA) is 104 Å². The Balaban J connectivity index is 2.18. The van der Waals surface area contributed by atoms with Crippen LogP contribution in [0.1, 0.15) is 10.4 Å². The van der Waals surface area contributed by atoms with Crippen molar-refractivity contribution in [3.05, 3.63) is 59.5 Å². The molecule has 0 amide bonds. The fourth-order valence-corrected chi connectivity index (χ4v) is 2.31. The second kappa shape index (κ2) is 6.36. The van der Waals surface area contributed by atoms with Crippen LogP contribution < -0.4 is 0 Å². The number of aromatic carboxylic acids is 1. The molecule has 1 aromatic heterocycles. The fourth-order valence-electron chi connectivity index (χ4n) is 2.31. The van der Waals surface area contributed by atoms with E-state index >= 15 is 0 Å². The predicted octanol–water partition coefficient (Wildman–Crippen LogP) is 3.34. The van der Waals surface area contributed by atoms with Crippen molar-refractivity contribution in [2.45, 2.75) is 0 Å². The number of phenols is 2. The van der Waals surface area contributed by atoms with E-state index < -0.39 is 46.0 Å². The van der Waals surface area contributed by atoms with Crippen LogP contribution in [0, 0.1) is 17.5 Å². The summed E-state index contributed by atoms with van der Waals surface area (Å²) >= 11 is 0. The lowest BCUT2D eigenvalue weighted by Crippen LogP contribution is -2.00. The van der Waals surface area contributed by atoms with E-state index in [9.17, 15) is 28.2 Å². The van der Waals surface area contributed by atoms with E-state index in [0.29, 0.717) is 6.07 Å². The van der Waals surface area contributed by atoms with Gasteiger partial charge in [-0.2, -0.15) is 0 Å². The van der Waals surface area contributed by atoms with E-state index in [0.717, 1.165) is 24.4 Å². The number of rotatable bonds is 3. The quantitative estimate of drug-likeness (QED) is 0.488. The normalized spacial score (nSPS) is 10.7. The van der Waals surface area contributed by atoms with Gasteiger partial charge in [-0.25, -0.2) is 27.9 Å². The minimum atomic E-state index is -1.69. The molecule has 0 saturated carbocycles. The lowest BCUT2D eigenvalue weighted by atomic mass is 10.0. The highest BCUT2D eigenvalue weighted by Crippen LogP contribution is 2.35. The Morgan fingerprint density at radius 1 is 0.962 bits per heavy atom. The number of halogens is 3. The first-order chi connectivity index (χ1) is 12.3. The van der Waals surface area contributed by atoms with E-state index in [1.54, 1.807) is 0 Å². The molecule has 0 aliphatic rings. The molecular formula is C17H9F3N2O4. The van der Waals surface area contributed by atoms with Crippen molar-refractivity contribution in [3.63, 3.8) is 0 Å². The number of aromatic nitrogens is 2. The molecule has 3 aromatic rings. The van der Waals surface area contributed by atoms with E-state index in [1.165, 1.54) is 6.07 Å². The van der Waals surface area contributed by atoms with Gasteiger partial charge in [-0.15, -0.1) is 0 Å². The molecule has 0 atom stereocenters. The molecule has 0 unspecified atom stereocenters. The van der Waals surface area contributed by atoms with Crippen LogP contribution in [0.5, 0.6) is 11.5 Å². The second-order valence-electron chi connectivity index (χ2n) is 5.18. The van der Waals surface area contributed by atoms with Crippen molar-refractivity contribution in [3.8, 4) is 34.1 Å². The van der Waals surface area contributed by atoms with Gasteiger partial charge in [0.05, 0.1) is 11.3 Å². The third-order valence-corrected chi connectivity index (χ3v) is 3.53. The molecule has 0 radical (unpaired) electrons. The molecule has 3 N–H and O–H groups in total. The summed E-state index contributed by atoms with van der Waals surface area (Å²) in [5.41, 5.74) is -1.22. The van der Waals surface area contributed by atoms with E-state index in [2.05, 4.69) is 9.97 Å². The van der Waals surface area contributed by atoms with E-state index in [4.69, 9.17) is 5.11 Å². The van der Waals surface area contributed by atoms with Crippen LogP contribution >= 0.6 is 0 Å². The largest absolute Gasteiger partial charge is 0.508 e. The zero-order chi connectivity index (χ0) is 19.0. The number of hydrogen-bond donors (Lipinski definition) is 3. The molecule has 132 valence electrons. The Hall–Kier alpha value is -3.62. The maximum absolute atomic E-state index is 13.9. The van der Waals surface area contributed by atoms with Crippen LogP contribution in [0.3, 0.4) is 0 Å². The number of carboxylic acid groups (broad SMARTS) is 1. The van der Waals surface area contributed by atoms with E-state index in [-0.39, 0.29) is 17.1 Å². The van der Waals surface area contributed by atoms with Gasteiger partial charge >= 0.3 is 5.97 Å². The number of aromatic hydroxyl groups is 2. The smallest absolute Gasteiger partial charge is 0.339 e. The van der Waals surface area contributed by atoms with Gasteiger partial charge in [-0.1, -0.05) is 0 Å². The molecule has 3 rings (SSSR count). The zero-order valence-corrected chi connectivity index (χ0v) is 12.7. The van der Waals surface area contributed by atoms with Gasteiger partial charge in [-0.3, -0.25) is 0 Å². The predicted molar refractivity (Wildman–Crippen MR) is 83.1 cm³/mol. The summed E-state index contributed by atoms with van der Waals surface area (Å²) in [6.45, 7) is 0. The van der Waals surface area contributed by atoms with Crippen LogP contribution in [0.25, 0.3) is 22.6 Å². The summed E-state index contributed by atoms with van der Waals surface area (Å²) in [5.74, 6) is -7.49. The Labute approximate surface area is 143 Å². The number of benzene rings is 2. The highest BCUT2D eigenvalue weighted by molar-refractivity contribution is 5.94. The second-order valence-corrected chi connectivity index (χ2v) is 5.18. The minimum absolute atomic E-state index is 0.0602. The van der Waals surface area contributed by atoms with Gasteiger partial charge in [0.2, 0.25) is 0 Å². The van der Waals surface area contributed by atoms with Crippen molar-refractivity contribution in [1.82, 2.24) is 9.97 Å². The summed E-state index contributed by atoms with van der Waals surface area (Å²) in [4.78, 5) is 18.8. The molecule has 0 spiro atoms. The van der Waals surface area contributed by atoms with Crippen LogP contribution in [-0.2, 0) is 0 Å². The molecule has 0 aliphatic heterocycles. The summed E-state index contributed by atoms with van der Waals surface area (Å²) in [5, 5.41) is 28.8. The Bertz CT molecular complexity index is 1040. The molecule has 0 saturated heterocycles. The van der Waals surface area contributed by atoms with Gasteiger partial charge in [0.25, 0.3) is 0 Å². The molecule has 1 heterocycles. The van der Waals surface area contributed by atoms with Gasteiger partial charge in [-0.05, 0) is 30.3 Å². The van der Waals surface area contributed by atoms with Crippen LogP contribution in [0.15, 0.2) is 36.5 Å². The minimum Gasteiger partial charge on any atom is -0.508 e. The third-order valence-electron chi connectivity index (χ3n) is 3.53. The average Bonchev–Trinajstić information content (AvgIpc) is 2.61. The standard InChI is InChI=1S/C17H9F3N2O4/c18-11-2-1-8(13(19)14(11)20)16-21-4-3-12(22-16)9-5-7(23)6-10(15(9)24)17(25)26/h1-6,23-24H,(H,25,26). The molecule has 26 heavy (non-hydrogen) atoms. The molecule has 0 aliphatic carbocycles. The van der Waals surface area contributed by atoms with Crippen molar-refractivity contribution in [2.75, 3.05) is 0 Å². The number of nitrogens with zero attached hydrogens (tertiary/aromatic N) is 2. The average molecular weight is 362 g/mol. The lowest BCUT2D eigenvalue weighted by Gasteiger charge is -2.10. The summed E-state index contributed by atoms with van der Waals surface area (Å²) in [6, 6.07) is 4.81. The first kappa shape index (κ1) is 17.2. The molecule has 9 heteroatoms. The summed E-state index contributed by atoms with van der Waals surface area (Å²) in [6.07, 6.45) is 1.16. The maximum Gasteiger partial charge on any atom is 0.339 e. The van der Waals surface area contributed by atoms with Gasteiger partial charge in [0.1, 0.15) is 17.1 Å². The van der Waals surface area contributed by atoms with Gasteiger partial charge < -0.3 is 15.3 Å². The first-order valence-electron chi connectivity index (χ1n) is 7.06. The molecular weight excluding hydrogens is 353 g/mol. The Morgan fingerprint density at radius 3 is 2.38 bits per heavy atom. The Kier molecular flexibility index (Phi) is 4.21. The molecule has 0 fully saturated rings. The van der Waals surface area contributed by atoms with E-state index in [1.807, 2.05) is 0 Å². The number of phenolic OH excluding ortho intramolecular Hbond substituents is 1. The van der Waals surface area contributed by atoms with Gasteiger partial charge in [0.15, 0.2) is 23.3 Å². The highest BCUT2D eigenvalue weighted by atomic mass is 19.2. The van der Waals surface area contributed by atoms with Crippen molar-refractivity contribution in [1.29, 1.82) is 0 Å². The lowest BCUT2D eigenvalue weighted by molar-refractivity contribution is 0.0693. The fraction of sp³-hybridized carbons (Fsp3) is 0. The maximum atomic E-state index is 13.9. The SMILES string of the molecule is O=C(O)c1cc(O)cc(-c2ccnc(-c3ccc(F)c(F)c3F)n2)c1O. The number of carboxylic acids is 1. The van der Waals surface area contributed by atoms with Crippen LogP contribution in [-0.4, -0.2) is 31.3 Å². The van der Waals surface area contributed by atoms with Crippen molar-refractivity contribution in [2.24, 2.45) is 0 Å². The summed E-state index contributed by atoms with van der Waals surface area (Å²) < 4.78 is 40.4. The summed E-state index contributed by atoms with van der Waals surface area (Å²) in [7, 11) is 0. The van der Waals surface area contributed by atoms with Gasteiger partial charge in [0, 0.05) is 11.8 Å². The molecule has 0 bridgehead atoms.